The highest BCUT2D eigenvalue weighted by molar-refractivity contribution is 9.09. The highest BCUT2D eigenvalue weighted by Crippen LogP contribution is 2.41. The van der Waals surface area contributed by atoms with Crippen LogP contribution in [0.5, 0.6) is 0 Å². The van der Waals surface area contributed by atoms with Gasteiger partial charge in [0.1, 0.15) is 0 Å². The highest BCUT2D eigenvalue weighted by Gasteiger charge is 2.23. The zero-order valence-corrected chi connectivity index (χ0v) is 11.7. The molecule has 1 unspecified atom stereocenters. The monoisotopic (exact) mass is 280 g/mol. The van der Waals surface area contributed by atoms with E-state index in [9.17, 15) is 0 Å². The normalized spacial score (nSPS) is 18.9. The predicted octanol–water partition coefficient (Wildman–Crippen LogP) is 5.27. The number of aryl methyl sites for hydroxylation is 1. The Morgan fingerprint density at radius 3 is 2.38 bits per heavy atom. The summed E-state index contributed by atoms with van der Waals surface area (Å²) >= 11 is 3.88. The van der Waals surface area contributed by atoms with Crippen molar-refractivity contribution >= 4 is 15.9 Å². The molecule has 0 nitrogen and oxygen atoms in total. The fourth-order valence-electron chi connectivity index (χ4n) is 2.68. The van der Waals surface area contributed by atoms with Crippen LogP contribution in [0.25, 0.3) is 0 Å². The van der Waals surface area contributed by atoms with Gasteiger partial charge in [-0.25, -0.2) is 0 Å². The number of benzene rings is 1. The summed E-state index contributed by atoms with van der Waals surface area (Å²) in [6, 6.07) is 9.20. The van der Waals surface area contributed by atoms with Crippen LogP contribution in [0.4, 0.5) is 0 Å². The van der Waals surface area contributed by atoms with Crippen molar-refractivity contribution in [3.63, 3.8) is 0 Å². The molecule has 16 heavy (non-hydrogen) atoms. The molecule has 1 aliphatic rings. The van der Waals surface area contributed by atoms with E-state index in [1.165, 1.54) is 49.7 Å². The number of alkyl halides is 1. The Hall–Kier alpha value is -0.300. The molecule has 1 fully saturated rings. The van der Waals surface area contributed by atoms with E-state index in [0.29, 0.717) is 4.83 Å². The van der Waals surface area contributed by atoms with Crippen molar-refractivity contribution in [1.29, 1.82) is 0 Å². The van der Waals surface area contributed by atoms with E-state index in [2.05, 4.69) is 47.1 Å². The van der Waals surface area contributed by atoms with Crippen LogP contribution in [0.3, 0.4) is 0 Å². The van der Waals surface area contributed by atoms with E-state index in [-0.39, 0.29) is 0 Å². The number of rotatable bonds is 4. The lowest BCUT2D eigenvalue weighted by Gasteiger charge is -2.17. The van der Waals surface area contributed by atoms with Gasteiger partial charge in [-0.2, -0.15) is 0 Å². The molecule has 0 amide bonds. The van der Waals surface area contributed by atoms with Crippen LogP contribution in [0.2, 0.25) is 0 Å². The van der Waals surface area contributed by atoms with Crippen molar-refractivity contribution in [2.24, 2.45) is 5.92 Å². The summed E-state index contributed by atoms with van der Waals surface area (Å²) in [6.07, 6.45) is 8.07. The summed E-state index contributed by atoms with van der Waals surface area (Å²) < 4.78 is 0. The Kier molecular flexibility index (Phi) is 4.45. The Labute approximate surface area is 108 Å². The molecule has 1 saturated carbocycles. The van der Waals surface area contributed by atoms with Gasteiger partial charge >= 0.3 is 0 Å². The second-order valence-electron chi connectivity index (χ2n) is 4.94. The zero-order valence-electron chi connectivity index (χ0n) is 10.1. The van der Waals surface area contributed by atoms with Crippen LogP contribution in [-0.4, -0.2) is 0 Å². The van der Waals surface area contributed by atoms with Crippen molar-refractivity contribution in [2.45, 2.75) is 50.3 Å². The maximum atomic E-state index is 3.88. The van der Waals surface area contributed by atoms with Crippen molar-refractivity contribution in [1.82, 2.24) is 0 Å². The second kappa shape index (κ2) is 5.86. The molecular weight excluding hydrogens is 260 g/mol. The molecule has 0 aliphatic heterocycles. The minimum atomic E-state index is 0.575. The summed E-state index contributed by atoms with van der Waals surface area (Å²) in [5.41, 5.74) is 2.93. The first kappa shape index (κ1) is 12.2. The Morgan fingerprint density at radius 1 is 1.19 bits per heavy atom. The Balaban J connectivity index is 2.02. The zero-order chi connectivity index (χ0) is 11.4. The fraction of sp³-hybridized carbons (Fsp3) is 0.600. The largest absolute Gasteiger partial charge is 0.0836 e. The van der Waals surface area contributed by atoms with E-state index < -0.39 is 0 Å². The highest BCUT2D eigenvalue weighted by atomic mass is 79.9. The van der Waals surface area contributed by atoms with Gasteiger partial charge in [0, 0.05) is 4.83 Å². The van der Waals surface area contributed by atoms with E-state index in [0.717, 1.165) is 5.92 Å². The van der Waals surface area contributed by atoms with Crippen molar-refractivity contribution in [2.75, 3.05) is 0 Å². The number of halogens is 1. The van der Waals surface area contributed by atoms with Gasteiger partial charge < -0.3 is 0 Å². The molecule has 88 valence electrons. The molecule has 0 saturated heterocycles. The quantitative estimate of drug-likeness (QED) is 0.660. The van der Waals surface area contributed by atoms with Crippen LogP contribution < -0.4 is 0 Å². The molecule has 0 aromatic heterocycles. The first-order chi connectivity index (χ1) is 7.81. The lowest BCUT2D eigenvalue weighted by molar-refractivity contribution is 0.542. The summed E-state index contributed by atoms with van der Waals surface area (Å²) in [5.74, 6) is 0.858. The maximum absolute atomic E-state index is 3.88. The average molecular weight is 281 g/mol. The summed E-state index contributed by atoms with van der Waals surface area (Å²) in [4.78, 5) is 0.575. The van der Waals surface area contributed by atoms with Crippen LogP contribution >= 0.6 is 15.9 Å². The van der Waals surface area contributed by atoms with E-state index in [4.69, 9.17) is 0 Å². The molecular formula is C15H21Br. The van der Waals surface area contributed by atoms with Gasteiger partial charge in [-0.05, 0) is 36.3 Å². The van der Waals surface area contributed by atoms with E-state index in [1.807, 2.05) is 0 Å². The lowest BCUT2D eigenvalue weighted by Crippen LogP contribution is -2.02. The smallest absolute Gasteiger partial charge is 0.0423 e. The van der Waals surface area contributed by atoms with Crippen LogP contribution in [0.1, 0.15) is 55.0 Å². The summed E-state index contributed by atoms with van der Waals surface area (Å²) in [5, 5.41) is 0. The van der Waals surface area contributed by atoms with Crippen molar-refractivity contribution in [3.8, 4) is 0 Å². The van der Waals surface area contributed by atoms with Crippen LogP contribution in [0, 0.1) is 5.92 Å². The maximum Gasteiger partial charge on any atom is 0.0423 e. The van der Waals surface area contributed by atoms with Gasteiger partial charge in [0.05, 0.1) is 0 Å². The minimum absolute atomic E-state index is 0.575. The minimum Gasteiger partial charge on any atom is -0.0836 e. The molecule has 1 atom stereocenters. The standard InChI is InChI=1S/C15H21Br/c1-2-5-12-8-10-14(11-9-12)15(16)13-6-3-4-7-13/h8-11,13,15H,2-7H2,1H3. The van der Waals surface area contributed by atoms with Gasteiger partial charge in [-0.1, -0.05) is 66.4 Å². The molecule has 0 bridgehead atoms. The Bertz CT molecular complexity index is 309. The molecule has 0 spiro atoms. The van der Waals surface area contributed by atoms with Gasteiger partial charge in [-0.15, -0.1) is 0 Å². The van der Waals surface area contributed by atoms with E-state index >= 15 is 0 Å². The molecule has 1 heteroatoms. The van der Waals surface area contributed by atoms with Crippen molar-refractivity contribution < 1.29 is 0 Å². The SMILES string of the molecule is CCCc1ccc(C(Br)C2CCCC2)cc1. The van der Waals surface area contributed by atoms with Crippen LogP contribution in [-0.2, 0) is 6.42 Å². The topological polar surface area (TPSA) is 0 Å². The summed E-state index contributed by atoms with van der Waals surface area (Å²) in [6.45, 7) is 2.24. The molecule has 1 aliphatic carbocycles. The van der Waals surface area contributed by atoms with E-state index in [1.54, 1.807) is 0 Å². The van der Waals surface area contributed by atoms with Gasteiger partial charge in [-0.3, -0.25) is 0 Å². The van der Waals surface area contributed by atoms with Gasteiger partial charge in [0.2, 0.25) is 0 Å². The molecule has 0 heterocycles. The molecule has 1 aromatic carbocycles. The number of hydrogen-bond donors (Lipinski definition) is 0. The number of hydrogen-bond acceptors (Lipinski definition) is 0. The van der Waals surface area contributed by atoms with Gasteiger partial charge in [0.15, 0.2) is 0 Å². The third-order valence-corrected chi connectivity index (χ3v) is 4.93. The first-order valence-electron chi connectivity index (χ1n) is 6.54. The Morgan fingerprint density at radius 2 is 1.81 bits per heavy atom. The third-order valence-electron chi connectivity index (χ3n) is 3.65. The third kappa shape index (κ3) is 2.88. The molecule has 1 aromatic rings. The van der Waals surface area contributed by atoms with Gasteiger partial charge in [0.25, 0.3) is 0 Å². The summed E-state index contributed by atoms with van der Waals surface area (Å²) in [7, 11) is 0. The van der Waals surface area contributed by atoms with Crippen molar-refractivity contribution in [3.05, 3.63) is 35.4 Å². The predicted molar refractivity (Wildman–Crippen MR) is 74.1 cm³/mol. The lowest BCUT2D eigenvalue weighted by atomic mass is 9.96. The van der Waals surface area contributed by atoms with Crippen LogP contribution in [0.15, 0.2) is 24.3 Å². The molecule has 2 rings (SSSR count). The fourth-order valence-corrected chi connectivity index (χ4v) is 3.51. The first-order valence-corrected chi connectivity index (χ1v) is 7.45. The average Bonchev–Trinajstić information content (AvgIpc) is 2.83. The molecule has 0 radical (unpaired) electrons. The second-order valence-corrected chi connectivity index (χ2v) is 5.92. The molecule has 0 N–H and O–H groups in total.